The second kappa shape index (κ2) is 8.38. The zero-order valence-electron chi connectivity index (χ0n) is 14.8. The van der Waals surface area contributed by atoms with Crippen LogP contribution >= 0.6 is 0 Å². The van der Waals surface area contributed by atoms with Crippen molar-refractivity contribution in [2.75, 3.05) is 26.2 Å². The molecule has 1 saturated heterocycles. The largest absolute Gasteiger partial charge is 0.314 e. The maximum atomic E-state index is 3.68. The molecule has 0 aromatic heterocycles. The lowest BCUT2D eigenvalue weighted by atomic mass is 9.84. The second-order valence-corrected chi connectivity index (χ2v) is 7.88. The van der Waals surface area contributed by atoms with E-state index in [0.29, 0.717) is 11.5 Å². The van der Waals surface area contributed by atoms with Crippen LogP contribution in [0.3, 0.4) is 0 Å². The van der Waals surface area contributed by atoms with Crippen LogP contribution in [0.25, 0.3) is 0 Å². The van der Waals surface area contributed by atoms with E-state index in [9.17, 15) is 0 Å². The summed E-state index contributed by atoms with van der Waals surface area (Å²) in [5.41, 5.74) is 0.354. The Morgan fingerprint density at radius 1 is 1.15 bits per heavy atom. The summed E-state index contributed by atoms with van der Waals surface area (Å²) < 4.78 is 0. The highest BCUT2D eigenvalue weighted by molar-refractivity contribution is 4.85. The normalized spacial score (nSPS) is 23.9. The molecule has 0 saturated carbocycles. The first-order valence-corrected chi connectivity index (χ1v) is 8.82. The Balaban J connectivity index is 2.46. The smallest absolute Gasteiger partial charge is 0.0102 e. The maximum absolute atomic E-state index is 3.68. The molecule has 1 aliphatic heterocycles. The lowest BCUT2D eigenvalue weighted by molar-refractivity contribution is 0.144. The van der Waals surface area contributed by atoms with Crippen LogP contribution in [0.4, 0.5) is 0 Å². The summed E-state index contributed by atoms with van der Waals surface area (Å²) >= 11 is 0. The number of hydrogen-bond acceptors (Lipinski definition) is 2. The van der Waals surface area contributed by atoms with Crippen molar-refractivity contribution >= 4 is 0 Å². The van der Waals surface area contributed by atoms with Crippen molar-refractivity contribution in [3.05, 3.63) is 0 Å². The van der Waals surface area contributed by atoms with Crippen LogP contribution in [0.2, 0.25) is 0 Å². The average Bonchev–Trinajstić information content (AvgIpc) is 2.60. The van der Waals surface area contributed by atoms with Crippen LogP contribution in [0.5, 0.6) is 0 Å². The minimum atomic E-state index is 0.354. The van der Waals surface area contributed by atoms with Gasteiger partial charge in [0.15, 0.2) is 0 Å². The fourth-order valence-electron chi connectivity index (χ4n) is 3.36. The minimum Gasteiger partial charge on any atom is -0.314 e. The SMILES string of the molecule is CCCNC(C)C(C)(C)CN1CCCC(C(C)C)CC1. The van der Waals surface area contributed by atoms with Gasteiger partial charge in [-0.25, -0.2) is 0 Å². The molecule has 20 heavy (non-hydrogen) atoms. The van der Waals surface area contributed by atoms with E-state index in [4.69, 9.17) is 0 Å². The molecule has 2 atom stereocenters. The third-order valence-electron chi connectivity index (χ3n) is 5.31. The molecule has 0 bridgehead atoms. The van der Waals surface area contributed by atoms with Crippen molar-refractivity contribution in [1.29, 1.82) is 0 Å². The van der Waals surface area contributed by atoms with Crippen LogP contribution in [0.1, 0.15) is 67.2 Å². The van der Waals surface area contributed by atoms with Crippen molar-refractivity contribution in [3.8, 4) is 0 Å². The van der Waals surface area contributed by atoms with E-state index >= 15 is 0 Å². The van der Waals surface area contributed by atoms with Crippen LogP contribution in [0.15, 0.2) is 0 Å². The van der Waals surface area contributed by atoms with Gasteiger partial charge in [0.25, 0.3) is 0 Å². The molecule has 1 N–H and O–H groups in total. The van der Waals surface area contributed by atoms with E-state index in [0.717, 1.165) is 18.4 Å². The van der Waals surface area contributed by atoms with E-state index in [1.165, 1.54) is 45.3 Å². The van der Waals surface area contributed by atoms with E-state index in [1.807, 2.05) is 0 Å². The first kappa shape index (κ1) is 18.0. The fourth-order valence-corrected chi connectivity index (χ4v) is 3.36. The Morgan fingerprint density at radius 3 is 2.45 bits per heavy atom. The number of rotatable bonds is 7. The van der Waals surface area contributed by atoms with E-state index in [2.05, 4.69) is 51.8 Å². The molecule has 0 radical (unpaired) electrons. The quantitative estimate of drug-likeness (QED) is 0.754. The van der Waals surface area contributed by atoms with Crippen molar-refractivity contribution < 1.29 is 0 Å². The van der Waals surface area contributed by atoms with Gasteiger partial charge in [0.1, 0.15) is 0 Å². The zero-order chi connectivity index (χ0) is 15.2. The highest BCUT2D eigenvalue weighted by Gasteiger charge is 2.29. The van der Waals surface area contributed by atoms with Crippen LogP contribution in [0, 0.1) is 17.3 Å². The molecular weight excluding hydrogens is 244 g/mol. The lowest BCUT2D eigenvalue weighted by Gasteiger charge is -2.37. The summed E-state index contributed by atoms with van der Waals surface area (Å²) in [7, 11) is 0. The molecule has 2 nitrogen and oxygen atoms in total. The van der Waals surface area contributed by atoms with E-state index in [-0.39, 0.29) is 0 Å². The first-order chi connectivity index (χ1) is 9.36. The predicted octanol–water partition coefficient (Wildman–Crippen LogP) is 4.16. The molecule has 2 heteroatoms. The van der Waals surface area contributed by atoms with Gasteiger partial charge in [-0.05, 0) is 69.5 Å². The van der Waals surface area contributed by atoms with Crippen LogP contribution < -0.4 is 5.32 Å². The summed E-state index contributed by atoms with van der Waals surface area (Å²) in [6.45, 7) is 19.2. The second-order valence-electron chi connectivity index (χ2n) is 7.88. The molecular formula is C18H38N2. The van der Waals surface area contributed by atoms with Gasteiger partial charge in [0.05, 0.1) is 0 Å². The Morgan fingerprint density at radius 2 is 1.85 bits per heavy atom. The van der Waals surface area contributed by atoms with Gasteiger partial charge in [0.2, 0.25) is 0 Å². The van der Waals surface area contributed by atoms with Gasteiger partial charge in [-0.1, -0.05) is 34.6 Å². The van der Waals surface area contributed by atoms with E-state index in [1.54, 1.807) is 0 Å². The third kappa shape index (κ3) is 5.73. The van der Waals surface area contributed by atoms with E-state index < -0.39 is 0 Å². The van der Waals surface area contributed by atoms with Gasteiger partial charge >= 0.3 is 0 Å². The van der Waals surface area contributed by atoms with Gasteiger partial charge in [-0.3, -0.25) is 0 Å². The molecule has 0 spiro atoms. The number of nitrogens with one attached hydrogen (secondary N) is 1. The Labute approximate surface area is 127 Å². The summed E-state index contributed by atoms with van der Waals surface area (Å²) in [4.78, 5) is 2.71. The molecule has 1 aliphatic rings. The third-order valence-corrected chi connectivity index (χ3v) is 5.31. The van der Waals surface area contributed by atoms with Gasteiger partial charge < -0.3 is 10.2 Å². The predicted molar refractivity (Wildman–Crippen MR) is 90.2 cm³/mol. The number of nitrogens with zero attached hydrogens (tertiary/aromatic N) is 1. The Bertz CT molecular complexity index is 260. The highest BCUT2D eigenvalue weighted by atomic mass is 15.1. The summed E-state index contributed by atoms with van der Waals surface area (Å²) in [5, 5.41) is 3.68. The minimum absolute atomic E-state index is 0.354. The molecule has 1 heterocycles. The molecule has 0 aliphatic carbocycles. The Kier molecular flexibility index (Phi) is 7.53. The Hall–Kier alpha value is -0.0800. The number of likely N-dealkylation sites (tertiary alicyclic amines) is 1. The van der Waals surface area contributed by atoms with Gasteiger partial charge in [-0.2, -0.15) is 0 Å². The van der Waals surface area contributed by atoms with Crippen LogP contribution in [-0.4, -0.2) is 37.1 Å². The lowest BCUT2D eigenvalue weighted by Crippen LogP contribution is -2.47. The van der Waals surface area contributed by atoms with Crippen molar-refractivity contribution in [1.82, 2.24) is 10.2 Å². The first-order valence-electron chi connectivity index (χ1n) is 8.82. The highest BCUT2D eigenvalue weighted by Crippen LogP contribution is 2.28. The molecule has 1 fully saturated rings. The molecule has 2 unspecified atom stereocenters. The zero-order valence-corrected chi connectivity index (χ0v) is 14.8. The van der Waals surface area contributed by atoms with Crippen LogP contribution in [-0.2, 0) is 0 Å². The van der Waals surface area contributed by atoms with Crippen molar-refractivity contribution in [2.24, 2.45) is 17.3 Å². The topological polar surface area (TPSA) is 15.3 Å². The molecule has 0 amide bonds. The van der Waals surface area contributed by atoms with Gasteiger partial charge in [-0.15, -0.1) is 0 Å². The average molecular weight is 283 g/mol. The molecule has 120 valence electrons. The maximum Gasteiger partial charge on any atom is 0.0102 e. The summed E-state index contributed by atoms with van der Waals surface area (Å²) in [5.74, 6) is 1.80. The summed E-state index contributed by atoms with van der Waals surface area (Å²) in [6.07, 6.45) is 5.43. The summed E-state index contributed by atoms with van der Waals surface area (Å²) in [6, 6.07) is 0.589. The van der Waals surface area contributed by atoms with Gasteiger partial charge in [0, 0.05) is 12.6 Å². The fraction of sp³-hybridized carbons (Fsp3) is 1.00. The molecule has 0 aromatic carbocycles. The molecule has 1 rings (SSSR count). The van der Waals surface area contributed by atoms with Crippen molar-refractivity contribution in [2.45, 2.75) is 73.3 Å². The van der Waals surface area contributed by atoms with Crippen molar-refractivity contribution in [3.63, 3.8) is 0 Å². The molecule has 0 aromatic rings. The number of hydrogen-bond donors (Lipinski definition) is 1. The standard InChI is InChI=1S/C18H38N2/c1-7-11-19-16(4)18(5,6)14-20-12-8-9-17(10-13-20)15(2)3/h15-17,19H,7-14H2,1-6H3. The monoisotopic (exact) mass is 282 g/mol.